The average molecular weight is 451 g/mol. The van der Waals surface area contributed by atoms with Gasteiger partial charge in [0.05, 0.1) is 23.3 Å². The summed E-state index contributed by atoms with van der Waals surface area (Å²) in [5.41, 5.74) is 7.53. The molecule has 0 aliphatic carbocycles. The smallest absolute Gasteiger partial charge is 0.395 e. The van der Waals surface area contributed by atoms with Gasteiger partial charge < -0.3 is 32.6 Å². The summed E-state index contributed by atoms with van der Waals surface area (Å²) in [6, 6.07) is 0.0355. The van der Waals surface area contributed by atoms with E-state index in [4.69, 9.17) is 16.9 Å². The van der Waals surface area contributed by atoms with Crippen LogP contribution in [0.1, 0.15) is 25.0 Å². The zero-order chi connectivity index (χ0) is 24.0. The number of amides is 1. The second kappa shape index (κ2) is 10.6. The zero-order valence-corrected chi connectivity index (χ0v) is 17.0. The molecule has 0 spiro atoms. The molecule has 0 aliphatic heterocycles. The summed E-state index contributed by atoms with van der Waals surface area (Å²) in [5.74, 6) is -2.93. The van der Waals surface area contributed by atoms with Gasteiger partial charge in [-0.2, -0.15) is 13.2 Å². The molecule has 1 aromatic carbocycles. The van der Waals surface area contributed by atoms with Crippen LogP contribution in [0.5, 0.6) is 0 Å². The molecule has 0 aromatic heterocycles. The van der Waals surface area contributed by atoms with Crippen molar-refractivity contribution in [3.05, 3.63) is 47.2 Å². The molecule has 2 atom stereocenters. The number of benzene rings is 1. The lowest BCUT2D eigenvalue weighted by Gasteiger charge is -2.32. The Morgan fingerprint density at radius 1 is 1.23 bits per heavy atom. The van der Waals surface area contributed by atoms with Gasteiger partial charge in [-0.1, -0.05) is 0 Å². The quantitative estimate of drug-likeness (QED) is 0.235. The molecule has 7 nitrogen and oxygen atoms in total. The van der Waals surface area contributed by atoms with Crippen LogP contribution in [0.3, 0.4) is 0 Å². The van der Waals surface area contributed by atoms with Crippen molar-refractivity contribution in [2.75, 3.05) is 13.1 Å². The van der Waals surface area contributed by atoms with Gasteiger partial charge in [0, 0.05) is 30.8 Å². The number of allylic oxidation sites excluding steroid dienone is 1. The molecule has 12 heteroatoms. The average Bonchev–Trinajstić information content (AvgIpc) is 2.66. The molecule has 0 heterocycles. The number of hydrogen-bond donors (Lipinski definition) is 6. The summed E-state index contributed by atoms with van der Waals surface area (Å²) >= 11 is 0. The van der Waals surface area contributed by atoms with Crippen molar-refractivity contribution in [3.63, 3.8) is 0 Å². The van der Waals surface area contributed by atoms with Gasteiger partial charge in [0.25, 0.3) is 0 Å². The molecular formula is C19H26F5N5O2. The van der Waals surface area contributed by atoms with Crippen LogP contribution in [0.25, 0.3) is 0 Å². The van der Waals surface area contributed by atoms with Gasteiger partial charge in [0.1, 0.15) is 11.6 Å². The first-order valence-electron chi connectivity index (χ1n) is 9.16. The zero-order valence-electron chi connectivity index (χ0n) is 17.0. The van der Waals surface area contributed by atoms with Crippen LogP contribution in [-0.4, -0.2) is 48.1 Å². The monoisotopic (exact) mass is 451 g/mol. The minimum atomic E-state index is -4.70. The number of alkyl halides is 3. The molecule has 0 saturated carbocycles. The molecule has 31 heavy (non-hydrogen) atoms. The number of aliphatic hydroxyl groups is 1. The fourth-order valence-electron chi connectivity index (χ4n) is 2.39. The molecule has 8 N–H and O–H groups in total. The van der Waals surface area contributed by atoms with E-state index in [2.05, 4.69) is 10.6 Å². The van der Waals surface area contributed by atoms with Crippen molar-refractivity contribution in [3.8, 4) is 0 Å². The van der Waals surface area contributed by atoms with Crippen LogP contribution in [0, 0.1) is 22.5 Å². The Morgan fingerprint density at radius 3 is 2.26 bits per heavy atom. The largest absolute Gasteiger partial charge is 0.405 e. The highest BCUT2D eigenvalue weighted by Gasteiger charge is 2.53. The fourth-order valence-corrected chi connectivity index (χ4v) is 2.39. The first kappa shape index (κ1) is 26.5. The SMILES string of the molecule is CC(C)([C@H](N)C(=O)NC[C@@H](O)CNCc1c(F)cc(C(=N)/C=C\N)cc1F)C(F)(F)F. The van der Waals surface area contributed by atoms with E-state index in [9.17, 15) is 31.9 Å². The molecule has 0 fully saturated rings. The second-order valence-corrected chi connectivity index (χ2v) is 7.42. The normalized spacial score (nSPS) is 14.5. The van der Waals surface area contributed by atoms with Gasteiger partial charge in [0.15, 0.2) is 0 Å². The third kappa shape index (κ3) is 6.97. The lowest BCUT2D eigenvalue weighted by molar-refractivity contribution is -0.218. The van der Waals surface area contributed by atoms with Gasteiger partial charge in [-0.15, -0.1) is 0 Å². The van der Waals surface area contributed by atoms with Crippen LogP contribution in [0.4, 0.5) is 22.0 Å². The van der Waals surface area contributed by atoms with E-state index in [0.29, 0.717) is 0 Å². The topological polar surface area (TPSA) is 137 Å². The third-order valence-electron chi connectivity index (χ3n) is 4.70. The van der Waals surface area contributed by atoms with Crippen molar-refractivity contribution < 1.29 is 31.9 Å². The maximum atomic E-state index is 14.1. The molecule has 1 rings (SSSR count). The Morgan fingerprint density at radius 2 is 1.77 bits per heavy atom. The van der Waals surface area contributed by atoms with E-state index in [1.807, 2.05) is 0 Å². The van der Waals surface area contributed by atoms with E-state index in [-0.39, 0.29) is 29.9 Å². The summed E-state index contributed by atoms with van der Waals surface area (Å²) in [7, 11) is 0. The van der Waals surface area contributed by atoms with Crippen molar-refractivity contribution in [2.45, 2.75) is 38.7 Å². The van der Waals surface area contributed by atoms with Crippen LogP contribution in [-0.2, 0) is 11.3 Å². The Balaban J connectivity index is 2.59. The summed E-state index contributed by atoms with van der Waals surface area (Å²) < 4.78 is 67.1. The third-order valence-corrected chi connectivity index (χ3v) is 4.70. The fraction of sp³-hybridized carbons (Fsp3) is 0.474. The van der Waals surface area contributed by atoms with Crippen LogP contribution >= 0.6 is 0 Å². The lowest BCUT2D eigenvalue weighted by atomic mass is 9.83. The molecule has 0 unspecified atom stereocenters. The van der Waals surface area contributed by atoms with Gasteiger partial charge in [0.2, 0.25) is 5.91 Å². The van der Waals surface area contributed by atoms with Crippen molar-refractivity contribution in [2.24, 2.45) is 16.9 Å². The molecule has 0 bridgehead atoms. The molecule has 0 radical (unpaired) electrons. The molecule has 0 aliphatic rings. The van der Waals surface area contributed by atoms with Gasteiger partial charge in [-0.3, -0.25) is 4.79 Å². The van der Waals surface area contributed by atoms with Gasteiger partial charge >= 0.3 is 6.18 Å². The molecule has 174 valence electrons. The van der Waals surface area contributed by atoms with Crippen LogP contribution in [0.2, 0.25) is 0 Å². The highest BCUT2D eigenvalue weighted by molar-refractivity contribution is 6.06. The van der Waals surface area contributed by atoms with E-state index in [1.165, 1.54) is 6.08 Å². The number of nitrogens with one attached hydrogen (secondary N) is 3. The standard InChI is InChI=1S/C19H26F5N5O2/c1-18(2,19(22,23)24)16(27)17(31)29-8-11(30)7-28-9-12-13(20)5-10(6-14(12)21)15(26)3-4-25/h3-6,11,16,26,28,30H,7-9,25,27H2,1-2H3,(H,29,31)/b4-3-,26-15?/t11-,16+/m0/s1. The Bertz CT molecular complexity index is 803. The van der Waals surface area contributed by atoms with Crippen LogP contribution < -0.4 is 22.1 Å². The summed E-state index contributed by atoms with van der Waals surface area (Å²) in [6.45, 7) is 0.628. The van der Waals surface area contributed by atoms with E-state index < -0.39 is 47.8 Å². The first-order chi connectivity index (χ1) is 14.2. The molecule has 0 saturated heterocycles. The van der Waals surface area contributed by atoms with Gasteiger partial charge in [-0.05, 0) is 38.3 Å². The van der Waals surface area contributed by atoms with Crippen molar-refractivity contribution in [1.29, 1.82) is 5.41 Å². The highest BCUT2D eigenvalue weighted by atomic mass is 19.4. The maximum absolute atomic E-state index is 14.1. The maximum Gasteiger partial charge on any atom is 0.395 e. The van der Waals surface area contributed by atoms with Crippen molar-refractivity contribution in [1.82, 2.24) is 10.6 Å². The number of aliphatic hydroxyl groups excluding tert-OH is 1. The number of hydrogen-bond acceptors (Lipinski definition) is 6. The number of halogens is 5. The Kier molecular flexibility index (Phi) is 9.09. The number of carbonyl (C=O) groups is 1. The predicted molar refractivity (Wildman–Crippen MR) is 105 cm³/mol. The van der Waals surface area contributed by atoms with Crippen LogP contribution in [0.15, 0.2) is 24.4 Å². The minimum Gasteiger partial charge on any atom is -0.405 e. The number of carbonyl (C=O) groups excluding carboxylic acids is 1. The van der Waals surface area contributed by atoms with Crippen molar-refractivity contribution >= 4 is 11.6 Å². The summed E-state index contributed by atoms with van der Waals surface area (Å²) in [4.78, 5) is 11.9. The highest BCUT2D eigenvalue weighted by Crippen LogP contribution is 2.39. The minimum absolute atomic E-state index is 0.0127. The Hall–Kier alpha value is -2.57. The van der Waals surface area contributed by atoms with E-state index >= 15 is 0 Å². The lowest BCUT2D eigenvalue weighted by Crippen LogP contribution is -2.56. The summed E-state index contributed by atoms with van der Waals surface area (Å²) in [5, 5.41) is 22.2. The second-order valence-electron chi connectivity index (χ2n) is 7.42. The molecule has 1 aromatic rings. The predicted octanol–water partition coefficient (Wildman–Crippen LogP) is 1.29. The van der Waals surface area contributed by atoms with E-state index in [1.54, 1.807) is 0 Å². The first-order valence-corrected chi connectivity index (χ1v) is 9.16. The summed E-state index contributed by atoms with van der Waals surface area (Å²) in [6.07, 6.45) is -3.73. The Labute approximate surface area is 176 Å². The molecule has 1 amide bonds. The van der Waals surface area contributed by atoms with Gasteiger partial charge in [-0.25, -0.2) is 8.78 Å². The number of rotatable bonds is 10. The number of nitrogens with two attached hydrogens (primary N) is 2. The molecular weight excluding hydrogens is 425 g/mol. The van der Waals surface area contributed by atoms with E-state index in [0.717, 1.165) is 32.2 Å².